The number of rotatable bonds is 4. The predicted octanol–water partition coefficient (Wildman–Crippen LogP) is 3.53. The average molecular weight is 406 g/mol. The van der Waals surface area contributed by atoms with E-state index < -0.39 is 17.0 Å². The maximum absolute atomic E-state index is 14.5. The third-order valence-corrected chi connectivity index (χ3v) is 4.85. The summed E-state index contributed by atoms with van der Waals surface area (Å²) >= 11 is 1.45. The van der Waals surface area contributed by atoms with Gasteiger partial charge in [-0.05, 0) is 65.3 Å². The molecule has 1 aromatic carbocycles. The summed E-state index contributed by atoms with van der Waals surface area (Å²) in [5.41, 5.74) is 11.9. The van der Waals surface area contributed by atoms with Gasteiger partial charge in [-0.15, -0.1) is 0 Å². The molecule has 1 aliphatic rings. The zero-order valence-electron chi connectivity index (χ0n) is 17.0. The highest BCUT2D eigenvalue weighted by molar-refractivity contribution is 8.13. The molecule has 28 heavy (non-hydrogen) atoms. The third-order valence-electron chi connectivity index (χ3n) is 4.05. The molecule has 1 aliphatic heterocycles. The fourth-order valence-electron chi connectivity index (χ4n) is 2.82. The second-order valence-electron chi connectivity index (χ2n) is 8.03. The second-order valence-corrected chi connectivity index (χ2v) is 9.14. The Morgan fingerprint density at radius 1 is 1.43 bits per heavy atom. The van der Waals surface area contributed by atoms with Crippen LogP contribution in [0.4, 0.5) is 10.1 Å². The molecule has 0 bridgehead atoms. The predicted molar refractivity (Wildman–Crippen MR) is 116 cm³/mol. The number of nitrogens with zero attached hydrogens (tertiary/aromatic N) is 2. The molecule has 152 valence electrons. The number of benzene rings is 1. The first-order valence-electron chi connectivity index (χ1n) is 9.03. The van der Waals surface area contributed by atoms with Gasteiger partial charge >= 0.3 is 0 Å². The summed E-state index contributed by atoms with van der Waals surface area (Å²) in [6.07, 6.45) is 2.17. The van der Waals surface area contributed by atoms with Gasteiger partial charge in [0.1, 0.15) is 11.5 Å². The maximum atomic E-state index is 14.5. The third kappa shape index (κ3) is 5.82. The van der Waals surface area contributed by atoms with E-state index in [0.717, 1.165) is 5.75 Å². The fourth-order valence-corrected chi connectivity index (χ4v) is 3.79. The smallest absolute Gasteiger partial charge is 0.273 e. The van der Waals surface area contributed by atoms with E-state index in [0.29, 0.717) is 28.5 Å². The Morgan fingerprint density at radius 3 is 2.68 bits per heavy atom. The van der Waals surface area contributed by atoms with Crippen molar-refractivity contribution in [3.05, 3.63) is 41.4 Å². The first-order valence-corrected chi connectivity index (χ1v) is 10.0. The number of nitrogens with one attached hydrogen (secondary N) is 1. The SMILES string of the molecule is CC(N)=CC(=NC(C)(C)C)C(=O)Nc1ccc(F)c([C@]2(C)CCSC(N)=N2)c1. The molecule has 0 fully saturated rings. The molecule has 0 saturated heterocycles. The molecule has 0 aliphatic carbocycles. The molecule has 0 aromatic heterocycles. The van der Waals surface area contributed by atoms with Crippen LogP contribution in [0.2, 0.25) is 0 Å². The lowest BCUT2D eigenvalue weighted by Crippen LogP contribution is -2.30. The Morgan fingerprint density at radius 2 is 2.11 bits per heavy atom. The Labute approximate surface area is 169 Å². The fraction of sp³-hybridized carbons (Fsp3) is 0.450. The van der Waals surface area contributed by atoms with E-state index in [1.54, 1.807) is 13.0 Å². The molecule has 1 atom stereocenters. The number of nitrogens with two attached hydrogens (primary N) is 2. The van der Waals surface area contributed by atoms with Crippen molar-refractivity contribution in [2.24, 2.45) is 21.5 Å². The van der Waals surface area contributed by atoms with Gasteiger partial charge in [-0.25, -0.2) is 4.39 Å². The molecule has 2 rings (SSSR count). The molecule has 5 N–H and O–H groups in total. The molecule has 8 heteroatoms. The summed E-state index contributed by atoms with van der Waals surface area (Å²) in [4.78, 5) is 21.6. The Hall–Kier alpha value is -2.35. The molecule has 1 aromatic rings. The number of amides is 1. The van der Waals surface area contributed by atoms with Gasteiger partial charge in [-0.2, -0.15) is 0 Å². The van der Waals surface area contributed by atoms with E-state index in [2.05, 4.69) is 15.3 Å². The van der Waals surface area contributed by atoms with Crippen LogP contribution in [0.3, 0.4) is 0 Å². The zero-order valence-corrected chi connectivity index (χ0v) is 17.8. The van der Waals surface area contributed by atoms with Crippen LogP contribution in [-0.4, -0.2) is 28.1 Å². The highest BCUT2D eigenvalue weighted by Crippen LogP contribution is 2.37. The summed E-state index contributed by atoms with van der Waals surface area (Å²) in [5.74, 6) is -0.0416. The van der Waals surface area contributed by atoms with Crippen molar-refractivity contribution < 1.29 is 9.18 Å². The van der Waals surface area contributed by atoms with Gasteiger partial charge in [0.15, 0.2) is 5.17 Å². The zero-order chi connectivity index (χ0) is 21.1. The van der Waals surface area contributed by atoms with Crippen molar-refractivity contribution in [1.82, 2.24) is 0 Å². The van der Waals surface area contributed by atoms with E-state index in [9.17, 15) is 9.18 Å². The highest BCUT2D eigenvalue weighted by atomic mass is 32.2. The molecule has 0 saturated carbocycles. The minimum absolute atomic E-state index is 0.209. The molecule has 6 nitrogen and oxygen atoms in total. The van der Waals surface area contributed by atoms with Crippen molar-refractivity contribution >= 4 is 34.2 Å². The van der Waals surface area contributed by atoms with Crippen molar-refractivity contribution in [3.63, 3.8) is 0 Å². The number of halogens is 1. The van der Waals surface area contributed by atoms with Crippen molar-refractivity contribution in [2.75, 3.05) is 11.1 Å². The first kappa shape index (κ1) is 21.9. The van der Waals surface area contributed by atoms with Crippen LogP contribution in [0, 0.1) is 5.82 Å². The number of carbonyl (C=O) groups excluding carboxylic acids is 1. The van der Waals surface area contributed by atoms with Crippen LogP contribution < -0.4 is 16.8 Å². The summed E-state index contributed by atoms with van der Waals surface area (Å²) < 4.78 is 14.5. The van der Waals surface area contributed by atoms with Crippen molar-refractivity contribution in [2.45, 2.75) is 52.1 Å². The van der Waals surface area contributed by atoms with Crippen molar-refractivity contribution in [3.8, 4) is 0 Å². The minimum Gasteiger partial charge on any atom is -0.402 e. The van der Waals surface area contributed by atoms with Crippen LogP contribution in [-0.2, 0) is 10.3 Å². The molecule has 1 heterocycles. The summed E-state index contributed by atoms with van der Waals surface area (Å²) in [6, 6.07) is 4.44. The monoisotopic (exact) mass is 405 g/mol. The number of anilines is 1. The average Bonchev–Trinajstić information content (AvgIpc) is 2.54. The van der Waals surface area contributed by atoms with Gasteiger partial charge in [0, 0.05) is 22.7 Å². The van der Waals surface area contributed by atoms with Gasteiger partial charge < -0.3 is 16.8 Å². The molecule has 1 amide bonds. The summed E-state index contributed by atoms with van der Waals surface area (Å²) in [7, 11) is 0. The van der Waals surface area contributed by atoms with Gasteiger partial charge in [0.05, 0.1) is 11.1 Å². The number of aliphatic imine (C=N–C) groups is 2. The van der Waals surface area contributed by atoms with Gasteiger partial charge in [-0.3, -0.25) is 14.8 Å². The van der Waals surface area contributed by atoms with Crippen LogP contribution in [0.15, 0.2) is 40.0 Å². The van der Waals surface area contributed by atoms with E-state index >= 15 is 0 Å². The first-order chi connectivity index (χ1) is 12.9. The topological polar surface area (TPSA) is 106 Å². The lowest BCUT2D eigenvalue weighted by molar-refractivity contribution is -0.110. The Bertz CT molecular complexity index is 853. The Kier molecular flexibility index (Phi) is 6.54. The molecular formula is C20H28FN5OS. The Balaban J connectivity index is 2.37. The van der Waals surface area contributed by atoms with Crippen molar-refractivity contribution in [1.29, 1.82) is 0 Å². The van der Waals surface area contributed by atoms with E-state index in [-0.39, 0.29) is 11.5 Å². The quantitative estimate of drug-likeness (QED) is 0.666. The number of hydrogen-bond donors (Lipinski definition) is 3. The largest absolute Gasteiger partial charge is 0.402 e. The van der Waals surface area contributed by atoms with Gasteiger partial charge in [0.2, 0.25) is 0 Å². The summed E-state index contributed by atoms with van der Waals surface area (Å²) in [6.45, 7) is 9.20. The lowest BCUT2D eigenvalue weighted by atomic mass is 9.89. The maximum Gasteiger partial charge on any atom is 0.273 e. The van der Waals surface area contributed by atoms with Crippen LogP contribution >= 0.6 is 11.8 Å². The molecule has 0 unspecified atom stereocenters. The van der Waals surface area contributed by atoms with E-state index in [1.165, 1.54) is 30.0 Å². The standard InChI is InChI=1S/C20H28FN5OS/c1-12(22)10-16(25-19(2,3)4)17(27)24-13-6-7-15(21)14(11-13)20(5)8-9-28-18(23)26-20/h6-7,10-11H,8-9,22H2,1-5H3,(H2,23,26)(H,24,27)/t20-/m0/s1. The van der Waals surface area contributed by atoms with Gasteiger partial charge in [0.25, 0.3) is 5.91 Å². The summed E-state index contributed by atoms with van der Waals surface area (Å²) in [5, 5.41) is 3.22. The number of hydrogen-bond acceptors (Lipinski definition) is 6. The van der Waals surface area contributed by atoms with E-state index in [1.807, 2.05) is 27.7 Å². The number of allylic oxidation sites excluding steroid dienone is 1. The molecular weight excluding hydrogens is 377 g/mol. The minimum atomic E-state index is -0.768. The lowest BCUT2D eigenvalue weighted by Gasteiger charge is -2.30. The van der Waals surface area contributed by atoms with Gasteiger partial charge in [-0.1, -0.05) is 11.8 Å². The number of carbonyl (C=O) groups is 1. The number of amidine groups is 1. The molecule has 0 radical (unpaired) electrons. The normalized spacial score (nSPS) is 21.3. The van der Waals surface area contributed by atoms with Crippen LogP contribution in [0.5, 0.6) is 0 Å². The highest BCUT2D eigenvalue weighted by Gasteiger charge is 2.32. The second kappa shape index (κ2) is 8.34. The number of thioether (sulfide) groups is 1. The van der Waals surface area contributed by atoms with Crippen LogP contribution in [0.25, 0.3) is 0 Å². The molecule has 0 spiro atoms. The van der Waals surface area contributed by atoms with Crippen LogP contribution in [0.1, 0.15) is 46.6 Å². The van der Waals surface area contributed by atoms with E-state index in [4.69, 9.17) is 11.5 Å².